The van der Waals surface area contributed by atoms with Crippen LogP contribution in [0, 0.1) is 10.1 Å². The van der Waals surface area contributed by atoms with Gasteiger partial charge in [0, 0.05) is 19.6 Å². The summed E-state index contributed by atoms with van der Waals surface area (Å²) >= 11 is 0. The Labute approximate surface area is 112 Å². The number of nitrogens with zero attached hydrogens (tertiary/aromatic N) is 4. The maximum atomic E-state index is 11.1. The molecule has 0 aliphatic heterocycles. The van der Waals surface area contributed by atoms with E-state index in [-0.39, 0.29) is 5.69 Å². The monoisotopic (exact) mass is 265 g/mol. The molecule has 7 nitrogen and oxygen atoms in total. The van der Waals surface area contributed by atoms with Crippen molar-refractivity contribution in [1.82, 2.24) is 9.97 Å². The Balaban J connectivity index is 2.33. The Bertz CT molecular complexity index is 459. The molecule has 2 rings (SSSR count). The van der Waals surface area contributed by atoms with Crippen molar-refractivity contribution < 1.29 is 4.92 Å². The second-order valence-electron chi connectivity index (χ2n) is 4.74. The Morgan fingerprint density at radius 2 is 2.21 bits per heavy atom. The first-order chi connectivity index (χ1) is 9.13. The summed E-state index contributed by atoms with van der Waals surface area (Å²) < 4.78 is 0. The van der Waals surface area contributed by atoms with Crippen molar-refractivity contribution in [3.05, 3.63) is 16.3 Å². The summed E-state index contributed by atoms with van der Waals surface area (Å²) in [7, 11) is 1.88. The number of hydrogen-bond donors (Lipinski definition) is 1. The highest BCUT2D eigenvalue weighted by Crippen LogP contribution is 2.31. The van der Waals surface area contributed by atoms with Gasteiger partial charge in [-0.1, -0.05) is 12.8 Å². The van der Waals surface area contributed by atoms with Crippen molar-refractivity contribution in [3.63, 3.8) is 0 Å². The molecule has 1 aliphatic carbocycles. The van der Waals surface area contributed by atoms with E-state index in [0.29, 0.717) is 24.4 Å². The molecular formula is C12H19N5O2. The third-order valence-corrected chi connectivity index (χ3v) is 3.49. The first kappa shape index (κ1) is 13.5. The zero-order chi connectivity index (χ0) is 13.8. The molecule has 0 atom stereocenters. The highest BCUT2D eigenvalue weighted by molar-refractivity contribution is 5.59. The quantitative estimate of drug-likeness (QED) is 0.649. The first-order valence-electron chi connectivity index (χ1n) is 6.61. The van der Waals surface area contributed by atoms with Crippen molar-refractivity contribution in [2.45, 2.75) is 38.6 Å². The molecule has 0 saturated heterocycles. The Hall–Kier alpha value is -1.92. The van der Waals surface area contributed by atoms with Gasteiger partial charge < -0.3 is 10.2 Å². The molecule has 1 fully saturated rings. The first-order valence-corrected chi connectivity index (χ1v) is 6.61. The SMILES string of the molecule is CCNc1ncc([N+](=O)[O-])c(N(C)C2CCCC2)n1. The average molecular weight is 265 g/mol. The largest absolute Gasteiger partial charge is 0.354 e. The standard InChI is InChI=1S/C12H19N5O2/c1-3-13-12-14-8-10(17(18)19)11(15-12)16(2)9-6-4-5-7-9/h8-9H,3-7H2,1-2H3,(H,13,14,15). The van der Waals surface area contributed by atoms with Crippen LogP contribution >= 0.6 is 0 Å². The number of rotatable bonds is 5. The summed E-state index contributed by atoms with van der Waals surface area (Å²) in [6.45, 7) is 2.62. The van der Waals surface area contributed by atoms with Crippen LogP contribution in [0.4, 0.5) is 17.5 Å². The molecule has 0 unspecified atom stereocenters. The fourth-order valence-corrected chi connectivity index (χ4v) is 2.46. The van der Waals surface area contributed by atoms with Crippen molar-refractivity contribution >= 4 is 17.5 Å². The lowest BCUT2D eigenvalue weighted by molar-refractivity contribution is -0.384. The number of anilines is 2. The minimum absolute atomic E-state index is 0.0314. The van der Waals surface area contributed by atoms with E-state index in [1.165, 1.54) is 19.0 Å². The van der Waals surface area contributed by atoms with Gasteiger partial charge in [-0.15, -0.1) is 0 Å². The summed E-state index contributed by atoms with van der Waals surface area (Å²) in [5.74, 6) is 0.843. The van der Waals surface area contributed by atoms with Crippen LogP contribution in [0.25, 0.3) is 0 Å². The molecule has 1 aromatic heterocycles. The molecule has 1 heterocycles. The molecule has 1 saturated carbocycles. The highest BCUT2D eigenvalue weighted by Gasteiger charge is 2.27. The topological polar surface area (TPSA) is 84.2 Å². The average Bonchev–Trinajstić information content (AvgIpc) is 2.91. The van der Waals surface area contributed by atoms with Gasteiger partial charge in [0.2, 0.25) is 11.8 Å². The molecule has 1 N–H and O–H groups in total. The number of hydrogen-bond acceptors (Lipinski definition) is 6. The van der Waals surface area contributed by atoms with Gasteiger partial charge >= 0.3 is 5.69 Å². The lowest BCUT2D eigenvalue weighted by Gasteiger charge is -2.25. The van der Waals surface area contributed by atoms with Crippen LogP contribution in [0.3, 0.4) is 0 Å². The normalized spacial score (nSPS) is 15.5. The lowest BCUT2D eigenvalue weighted by Crippen LogP contribution is -2.30. The fourth-order valence-electron chi connectivity index (χ4n) is 2.46. The van der Waals surface area contributed by atoms with Gasteiger partial charge in [0.25, 0.3) is 0 Å². The van der Waals surface area contributed by atoms with Crippen molar-refractivity contribution in [3.8, 4) is 0 Å². The maximum absolute atomic E-state index is 11.1. The van der Waals surface area contributed by atoms with Gasteiger partial charge in [0.1, 0.15) is 6.20 Å². The molecule has 19 heavy (non-hydrogen) atoms. The molecule has 1 aromatic rings. The van der Waals surface area contributed by atoms with E-state index < -0.39 is 4.92 Å². The van der Waals surface area contributed by atoms with E-state index in [4.69, 9.17) is 0 Å². The molecule has 7 heteroatoms. The molecule has 104 valence electrons. The smallest absolute Gasteiger partial charge is 0.329 e. The number of nitro groups is 1. The van der Waals surface area contributed by atoms with Gasteiger partial charge in [0.05, 0.1) is 4.92 Å². The van der Waals surface area contributed by atoms with Crippen molar-refractivity contribution in [2.75, 3.05) is 23.8 Å². The molecule has 1 aliphatic rings. The molecule has 0 amide bonds. The van der Waals surface area contributed by atoms with Gasteiger partial charge in [-0.25, -0.2) is 4.98 Å². The molecular weight excluding hydrogens is 246 g/mol. The van der Waals surface area contributed by atoms with E-state index in [1.807, 2.05) is 18.9 Å². The minimum Gasteiger partial charge on any atom is -0.354 e. The zero-order valence-corrected chi connectivity index (χ0v) is 11.3. The van der Waals surface area contributed by atoms with Crippen LogP contribution in [0.1, 0.15) is 32.6 Å². The van der Waals surface area contributed by atoms with E-state index in [9.17, 15) is 10.1 Å². The predicted molar refractivity (Wildman–Crippen MR) is 73.5 cm³/mol. The summed E-state index contributed by atoms with van der Waals surface area (Å²) in [4.78, 5) is 20.9. The second kappa shape index (κ2) is 5.81. The van der Waals surface area contributed by atoms with E-state index in [0.717, 1.165) is 12.8 Å². The fraction of sp³-hybridized carbons (Fsp3) is 0.667. The highest BCUT2D eigenvalue weighted by atomic mass is 16.6. The summed E-state index contributed by atoms with van der Waals surface area (Å²) in [6.07, 6.45) is 5.76. The summed E-state index contributed by atoms with van der Waals surface area (Å²) in [5, 5.41) is 14.1. The van der Waals surface area contributed by atoms with Gasteiger partial charge in [0.15, 0.2) is 0 Å². The van der Waals surface area contributed by atoms with Crippen molar-refractivity contribution in [2.24, 2.45) is 0 Å². The molecule has 0 radical (unpaired) electrons. The predicted octanol–water partition coefficient (Wildman–Crippen LogP) is 2.20. The molecule has 0 aromatic carbocycles. The van der Waals surface area contributed by atoms with Crippen LogP contribution in [0.2, 0.25) is 0 Å². The van der Waals surface area contributed by atoms with Gasteiger partial charge in [-0.2, -0.15) is 4.98 Å². The zero-order valence-electron chi connectivity index (χ0n) is 11.3. The Morgan fingerprint density at radius 3 is 2.79 bits per heavy atom. The van der Waals surface area contributed by atoms with Gasteiger partial charge in [-0.3, -0.25) is 10.1 Å². The van der Waals surface area contributed by atoms with Gasteiger partial charge in [-0.05, 0) is 19.8 Å². The van der Waals surface area contributed by atoms with E-state index >= 15 is 0 Å². The maximum Gasteiger partial charge on any atom is 0.329 e. The van der Waals surface area contributed by atoms with Crippen LogP contribution < -0.4 is 10.2 Å². The van der Waals surface area contributed by atoms with Crippen molar-refractivity contribution in [1.29, 1.82) is 0 Å². The Morgan fingerprint density at radius 1 is 1.53 bits per heavy atom. The van der Waals surface area contributed by atoms with Crippen LogP contribution in [-0.2, 0) is 0 Å². The lowest BCUT2D eigenvalue weighted by atomic mass is 10.2. The summed E-state index contributed by atoms with van der Waals surface area (Å²) in [6, 6.07) is 0.336. The minimum atomic E-state index is -0.420. The summed E-state index contributed by atoms with van der Waals surface area (Å²) in [5.41, 5.74) is -0.0314. The van der Waals surface area contributed by atoms with Crippen LogP contribution in [0.5, 0.6) is 0 Å². The number of nitrogens with one attached hydrogen (secondary N) is 1. The number of aromatic nitrogens is 2. The molecule has 0 spiro atoms. The third-order valence-electron chi connectivity index (χ3n) is 3.49. The van der Waals surface area contributed by atoms with E-state index in [2.05, 4.69) is 15.3 Å². The Kier molecular flexibility index (Phi) is 4.13. The molecule has 0 bridgehead atoms. The second-order valence-corrected chi connectivity index (χ2v) is 4.74. The third kappa shape index (κ3) is 2.91. The van der Waals surface area contributed by atoms with Crippen LogP contribution in [0.15, 0.2) is 6.20 Å². The van der Waals surface area contributed by atoms with Crippen LogP contribution in [-0.4, -0.2) is 34.5 Å². The van der Waals surface area contributed by atoms with E-state index in [1.54, 1.807) is 0 Å².